The lowest BCUT2D eigenvalue weighted by molar-refractivity contribution is -0.132. The van der Waals surface area contributed by atoms with E-state index in [1.54, 1.807) is 7.11 Å². The molecular formula is C34H47N3O4. The number of methoxy groups -OCH3 is 1. The molecule has 7 heteroatoms. The summed E-state index contributed by atoms with van der Waals surface area (Å²) in [6.45, 7) is 10.1. The highest BCUT2D eigenvalue weighted by Crippen LogP contribution is 2.44. The van der Waals surface area contributed by atoms with Gasteiger partial charge in [-0.1, -0.05) is 73.5 Å². The molecule has 41 heavy (non-hydrogen) atoms. The van der Waals surface area contributed by atoms with Gasteiger partial charge in [0, 0.05) is 37.7 Å². The molecule has 0 fully saturated rings. The molecule has 3 rings (SSSR count). The number of primary amides is 1. The molecule has 1 unspecified atom stereocenters. The first-order valence-corrected chi connectivity index (χ1v) is 14.7. The molecule has 2 aromatic rings. The lowest BCUT2D eigenvalue weighted by Gasteiger charge is -2.42. The monoisotopic (exact) mass is 561 g/mol. The summed E-state index contributed by atoms with van der Waals surface area (Å²) in [4.78, 5) is 29.0. The van der Waals surface area contributed by atoms with Crippen LogP contribution in [0.5, 0.6) is 5.75 Å². The van der Waals surface area contributed by atoms with Gasteiger partial charge in [-0.15, -0.1) is 0 Å². The van der Waals surface area contributed by atoms with Crippen LogP contribution in [-0.4, -0.2) is 54.7 Å². The normalized spacial score (nSPS) is 18.2. The standard InChI is InChI=1S/C34H47N3O4/c1-6-14-37(15-7-2)32(39)28-17-25(4)20-34(21-28,33(35)40)30(19-26-11-8-10-24(3)16-26)31(38)23-36-22-27-12-9-13-29(18-27)41-5/h8-13,16-18,20,30-31,36,38H,6-7,14-15,19,21-23H2,1-5H3,(H2,35,40)/t30-,31+,34?/m1/s1. The molecule has 0 aliphatic heterocycles. The summed E-state index contributed by atoms with van der Waals surface area (Å²) in [5.74, 6) is -0.386. The van der Waals surface area contributed by atoms with Crippen molar-refractivity contribution in [3.8, 4) is 5.75 Å². The number of nitrogens with zero attached hydrogens (tertiary/aromatic N) is 1. The zero-order valence-corrected chi connectivity index (χ0v) is 25.3. The van der Waals surface area contributed by atoms with Crippen LogP contribution in [0.4, 0.5) is 0 Å². The lowest BCUT2D eigenvalue weighted by Crippen LogP contribution is -2.51. The highest BCUT2D eigenvalue weighted by Gasteiger charge is 2.48. The number of carbonyl (C=O) groups excluding carboxylic acids is 2. The highest BCUT2D eigenvalue weighted by atomic mass is 16.5. The number of carbonyl (C=O) groups is 2. The van der Waals surface area contributed by atoms with Crippen LogP contribution >= 0.6 is 0 Å². The van der Waals surface area contributed by atoms with E-state index in [0.717, 1.165) is 40.9 Å². The van der Waals surface area contributed by atoms with Crippen LogP contribution < -0.4 is 15.8 Å². The van der Waals surface area contributed by atoms with Crippen molar-refractivity contribution in [3.63, 3.8) is 0 Å². The Balaban J connectivity index is 1.95. The quantitative estimate of drug-likeness (QED) is 0.292. The first kappa shape index (κ1) is 32.1. The lowest BCUT2D eigenvalue weighted by atomic mass is 9.63. The van der Waals surface area contributed by atoms with E-state index in [-0.39, 0.29) is 18.9 Å². The van der Waals surface area contributed by atoms with Crippen molar-refractivity contribution < 1.29 is 19.4 Å². The number of aryl methyl sites for hydroxylation is 1. The third kappa shape index (κ3) is 8.30. The van der Waals surface area contributed by atoms with E-state index >= 15 is 0 Å². The molecule has 0 heterocycles. The predicted octanol–water partition coefficient (Wildman–Crippen LogP) is 4.71. The summed E-state index contributed by atoms with van der Waals surface area (Å²) < 4.78 is 5.33. The number of nitrogens with two attached hydrogens (primary N) is 1. The maximum absolute atomic E-state index is 13.7. The Labute approximate surface area is 245 Å². The van der Waals surface area contributed by atoms with Crippen molar-refractivity contribution in [1.82, 2.24) is 10.2 Å². The Kier molecular flexibility index (Phi) is 11.7. The van der Waals surface area contributed by atoms with Crippen LogP contribution in [0, 0.1) is 18.3 Å². The SMILES string of the molecule is CCCN(CCC)C(=O)C1=CC(C)=CC(C(N)=O)([C@H](Cc2cccc(C)c2)[C@@H](O)CNCc2cccc(OC)c2)C1. The maximum Gasteiger partial charge on any atom is 0.249 e. The highest BCUT2D eigenvalue weighted by molar-refractivity contribution is 5.97. The number of ether oxygens (including phenoxy) is 1. The number of aliphatic hydroxyl groups is 1. The number of benzene rings is 2. The summed E-state index contributed by atoms with van der Waals surface area (Å²) in [5.41, 5.74) is 9.48. The number of rotatable bonds is 15. The van der Waals surface area contributed by atoms with Crippen LogP contribution in [0.3, 0.4) is 0 Å². The molecule has 222 valence electrons. The number of hydrogen-bond acceptors (Lipinski definition) is 5. The van der Waals surface area contributed by atoms with Gasteiger partial charge in [-0.05, 0) is 62.8 Å². The fourth-order valence-corrected chi connectivity index (χ4v) is 5.96. The molecule has 0 bridgehead atoms. The minimum absolute atomic E-state index is 0.0632. The summed E-state index contributed by atoms with van der Waals surface area (Å²) >= 11 is 0. The maximum atomic E-state index is 13.7. The van der Waals surface area contributed by atoms with Crippen molar-refractivity contribution in [1.29, 1.82) is 0 Å². The van der Waals surface area contributed by atoms with Gasteiger partial charge in [-0.3, -0.25) is 9.59 Å². The molecule has 2 aromatic carbocycles. The second kappa shape index (κ2) is 15.0. The molecule has 0 radical (unpaired) electrons. The van der Waals surface area contributed by atoms with Crippen molar-refractivity contribution >= 4 is 11.8 Å². The van der Waals surface area contributed by atoms with E-state index in [9.17, 15) is 14.7 Å². The average molecular weight is 562 g/mol. The fourth-order valence-electron chi connectivity index (χ4n) is 5.96. The van der Waals surface area contributed by atoms with Gasteiger partial charge in [0.1, 0.15) is 5.75 Å². The third-order valence-electron chi connectivity index (χ3n) is 7.86. The van der Waals surface area contributed by atoms with Crippen LogP contribution in [-0.2, 0) is 22.6 Å². The van der Waals surface area contributed by atoms with E-state index in [4.69, 9.17) is 10.5 Å². The fraction of sp³-hybridized carbons (Fsp3) is 0.471. The number of nitrogens with one attached hydrogen (secondary N) is 1. The van der Waals surface area contributed by atoms with E-state index < -0.39 is 23.3 Å². The molecular weight excluding hydrogens is 514 g/mol. The summed E-state index contributed by atoms with van der Waals surface area (Å²) in [7, 11) is 1.63. The number of hydrogen-bond donors (Lipinski definition) is 3. The second-order valence-corrected chi connectivity index (χ2v) is 11.3. The molecule has 0 spiro atoms. The van der Waals surface area contributed by atoms with Gasteiger partial charge in [0.25, 0.3) is 0 Å². The average Bonchev–Trinajstić information content (AvgIpc) is 2.95. The van der Waals surface area contributed by atoms with Crippen molar-refractivity contribution in [2.75, 3.05) is 26.7 Å². The molecule has 2 amide bonds. The minimum Gasteiger partial charge on any atom is -0.497 e. The molecule has 1 aliphatic rings. The number of amides is 2. The van der Waals surface area contributed by atoms with Crippen molar-refractivity contribution in [2.24, 2.45) is 17.1 Å². The van der Waals surface area contributed by atoms with E-state index in [0.29, 0.717) is 31.6 Å². The van der Waals surface area contributed by atoms with Gasteiger partial charge in [0.2, 0.25) is 11.8 Å². The summed E-state index contributed by atoms with van der Waals surface area (Å²) in [6.07, 6.45) is 5.14. The van der Waals surface area contributed by atoms with Crippen LogP contribution in [0.15, 0.2) is 71.8 Å². The van der Waals surface area contributed by atoms with Gasteiger partial charge in [0.15, 0.2) is 0 Å². The number of aliphatic hydroxyl groups excluding tert-OH is 1. The molecule has 0 saturated heterocycles. The second-order valence-electron chi connectivity index (χ2n) is 11.3. The van der Waals surface area contributed by atoms with Crippen LogP contribution in [0.2, 0.25) is 0 Å². The molecule has 0 aromatic heterocycles. The van der Waals surface area contributed by atoms with E-state index in [1.807, 2.05) is 73.4 Å². The molecule has 3 atom stereocenters. The Bertz CT molecular complexity index is 1250. The van der Waals surface area contributed by atoms with Crippen molar-refractivity contribution in [2.45, 2.75) is 66.0 Å². The Morgan fingerprint density at radius 1 is 1.07 bits per heavy atom. The molecule has 4 N–H and O–H groups in total. The van der Waals surface area contributed by atoms with Gasteiger partial charge < -0.3 is 25.8 Å². The zero-order valence-electron chi connectivity index (χ0n) is 25.3. The number of allylic oxidation sites excluding steroid dienone is 2. The Morgan fingerprint density at radius 3 is 2.39 bits per heavy atom. The first-order valence-electron chi connectivity index (χ1n) is 14.7. The Morgan fingerprint density at radius 2 is 1.76 bits per heavy atom. The van der Waals surface area contributed by atoms with Crippen LogP contribution in [0.25, 0.3) is 0 Å². The molecule has 7 nitrogen and oxygen atoms in total. The van der Waals surface area contributed by atoms with Gasteiger partial charge >= 0.3 is 0 Å². The largest absolute Gasteiger partial charge is 0.497 e. The predicted molar refractivity (Wildman–Crippen MR) is 164 cm³/mol. The van der Waals surface area contributed by atoms with E-state index in [2.05, 4.69) is 25.2 Å². The van der Waals surface area contributed by atoms with E-state index in [1.165, 1.54) is 0 Å². The van der Waals surface area contributed by atoms with Crippen LogP contribution in [0.1, 0.15) is 56.7 Å². The third-order valence-corrected chi connectivity index (χ3v) is 7.86. The Hall–Kier alpha value is -3.42. The van der Waals surface area contributed by atoms with Gasteiger partial charge in [0.05, 0.1) is 18.6 Å². The van der Waals surface area contributed by atoms with Gasteiger partial charge in [-0.25, -0.2) is 0 Å². The molecule has 0 saturated carbocycles. The summed E-state index contributed by atoms with van der Waals surface area (Å²) in [6, 6.07) is 15.8. The summed E-state index contributed by atoms with van der Waals surface area (Å²) in [5, 5.41) is 15.1. The van der Waals surface area contributed by atoms with Gasteiger partial charge in [-0.2, -0.15) is 0 Å². The topological polar surface area (TPSA) is 105 Å². The molecule has 1 aliphatic carbocycles. The smallest absolute Gasteiger partial charge is 0.249 e. The first-order chi connectivity index (χ1) is 19.6. The van der Waals surface area contributed by atoms with Crippen molar-refractivity contribution in [3.05, 3.63) is 88.5 Å². The minimum atomic E-state index is -1.23. The zero-order chi connectivity index (χ0) is 30.0.